The standard InChI is InChI=1S/C8H16NO.C3H5NO/c1-6-8(10)7(2)9(3,4)5;1-2-3(4)5/h6-7H,1H2,2-5H3;2H,1H2,(H2,4,5)/q+1;. The van der Waals surface area contributed by atoms with Gasteiger partial charge in [0.2, 0.25) is 11.7 Å². The summed E-state index contributed by atoms with van der Waals surface area (Å²) in [5, 5.41) is 0. The summed E-state index contributed by atoms with van der Waals surface area (Å²) in [4.78, 5) is 20.5. The molecule has 0 aliphatic carbocycles. The Morgan fingerprint density at radius 1 is 1.20 bits per heavy atom. The van der Waals surface area contributed by atoms with Gasteiger partial charge in [-0.3, -0.25) is 9.59 Å². The van der Waals surface area contributed by atoms with Gasteiger partial charge in [0.05, 0.1) is 21.1 Å². The first-order valence-electron chi connectivity index (χ1n) is 4.56. The minimum Gasteiger partial charge on any atom is -0.366 e. The summed E-state index contributed by atoms with van der Waals surface area (Å²) in [5.41, 5.74) is 4.53. The molecule has 4 nitrogen and oxygen atoms in total. The smallest absolute Gasteiger partial charge is 0.240 e. The number of hydrogen-bond acceptors (Lipinski definition) is 2. The average Bonchev–Trinajstić information content (AvgIpc) is 2.14. The zero-order chi connectivity index (χ0) is 12.6. The van der Waals surface area contributed by atoms with Crippen LogP contribution in [0, 0.1) is 0 Å². The summed E-state index contributed by atoms with van der Waals surface area (Å²) in [6, 6.07) is 0.0116. The van der Waals surface area contributed by atoms with Crippen molar-refractivity contribution in [1.29, 1.82) is 0 Å². The Balaban J connectivity index is 0. The van der Waals surface area contributed by atoms with Crippen molar-refractivity contribution in [3.63, 3.8) is 0 Å². The van der Waals surface area contributed by atoms with E-state index in [0.29, 0.717) is 4.48 Å². The Morgan fingerprint density at radius 3 is 1.60 bits per heavy atom. The molecule has 0 aliphatic heterocycles. The first kappa shape index (κ1) is 16.0. The molecule has 0 saturated heterocycles. The maximum absolute atomic E-state index is 11.0. The number of rotatable bonds is 4. The highest BCUT2D eigenvalue weighted by Crippen LogP contribution is 2.02. The zero-order valence-electron chi connectivity index (χ0n) is 9.99. The molecule has 0 spiro atoms. The normalized spacial score (nSPS) is 11.7. The van der Waals surface area contributed by atoms with Crippen LogP contribution in [0.5, 0.6) is 0 Å². The second kappa shape index (κ2) is 6.95. The van der Waals surface area contributed by atoms with Crippen LogP contribution in [0.3, 0.4) is 0 Å². The van der Waals surface area contributed by atoms with Gasteiger partial charge in [-0.25, -0.2) is 0 Å². The van der Waals surface area contributed by atoms with Crippen molar-refractivity contribution in [2.45, 2.75) is 13.0 Å². The summed E-state index contributed by atoms with van der Waals surface area (Å²) < 4.78 is 0.658. The number of nitrogens with two attached hydrogens (primary N) is 1. The van der Waals surface area contributed by atoms with Crippen LogP contribution in [0.15, 0.2) is 25.3 Å². The van der Waals surface area contributed by atoms with Crippen molar-refractivity contribution >= 4 is 11.7 Å². The molecule has 0 radical (unpaired) electrons. The first-order valence-corrected chi connectivity index (χ1v) is 4.56. The summed E-state index contributed by atoms with van der Waals surface area (Å²) in [6.45, 7) is 8.43. The van der Waals surface area contributed by atoms with Crippen molar-refractivity contribution in [2.24, 2.45) is 5.73 Å². The van der Waals surface area contributed by atoms with Crippen LogP contribution in [0.4, 0.5) is 0 Å². The van der Waals surface area contributed by atoms with Gasteiger partial charge in [-0.1, -0.05) is 13.2 Å². The second-order valence-corrected chi connectivity index (χ2v) is 4.01. The molecule has 1 amide bonds. The number of nitrogens with zero attached hydrogens (tertiary/aromatic N) is 1. The number of quaternary nitrogens is 1. The highest BCUT2D eigenvalue weighted by Gasteiger charge is 2.23. The third kappa shape index (κ3) is 8.90. The van der Waals surface area contributed by atoms with Crippen molar-refractivity contribution in [1.82, 2.24) is 0 Å². The largest absolute Gasteiger partial charge is 0.366 e. The van der Waals surface area contributed by atoms with Crippen molar-refractivity contribution in [2.75, 3.05) is 21.1 Å². The lowest BCUT2D eigenvalue weighted by Crippen LogP contribution is -2.47. The number of carbonyl (C=O) groups excluding carboxylic acids is 2. The molecule has 1 atom stereocenters. The van der Waals surface area contributed by atoms with Gasteiger partial charge in [0.1, 0.15) is 6.04 Å². The number of ketones is 1. The van der Waals surface area contributed by atoms with Gasteiger partial charge < -0.3 is 10.2 Å². The molecule has 0 aliphatic rings. The lowest BCUT2D eigenvalue weighted by molar-refractivity contribution is -0.884. The molecule has 0 fully saturated rings. The van der Waals surface area contributed by atoms with Crippen LogP contribution in [-0.4, -0.2) is 43.4 Å². The Morgan fingerprint density at radius 2 is 1.53 bits per heavy atom. The average molecular weight is 213 g/mol. The molecular weight excluding hydrogens is 192 g/mol. The van der Waals surface area contributed by atoms with E-state index in [-0.39, 0.29) is 11.8 Å². The number of primary amides is 1. The van der Waals surface area contributed by atoms with Gasteiger partial charge in [0.15, 0.2) is 0 Å². The third-order valence-electron chi connectivity index (χ3n) is 1.98. The Labute approximate surface area is 91.6 Å². The van der Waals surface area contributed by atoms with Crippen molar-refractivity contribution in [3.05, 3.63) is 25.3 Å². The van der Waals surface area contributed by atoms with Gasteiger partial charge >= 0.3 is 0 Å². The Bertz CT molecular complexity index is 252. The van der Waals surface area contributed by atoms with Gasteiger partial charge in [0, 0.05) is 0 Å². The molecule has 0 heterocycles. The Kier molecular flexibility index (Phi) is 7.43. The van der Waals surface area contributed by atoms with Gasteiger partial charge in [0.25, 0.3) is 0 Å². The second-order valence-electron chi connectivity index (χ2n) is 4.01. The minimum absolute atomic E-state index is 0.0116. The predicted octanol–water partition coefficient (Wildman–Crippen LogP) is 0.494. The summed E-state index contributed by atoms with van der Waals surface area (Å²) >= 11 is 0. The van der Waals surface area contributed by atoms with Crippen molar-refractivity contribution < 1.29 is 14.1 Å². The molecule has 15 heavy (non-hydrogen) atoms. The monoisotopic (exact) mass is 213 g/mol. The number of carbonyl (C=O) groups is 2. The zero-order valence-corrected chi connectivity index (χ0v) is 9.99. The minimum atomic E-state index is -0.481. The van der Waals surface area contributed by atoms with E-state index in [9.17, 15) is 9.59 Å². The molecule has 0 saturated carbocycles. The van der Waals surface area contributed by atoms with Crippen LogP contribution in [0.25, 0.3) is 0 Å². The van der Waals surface area contributed by atoms with Gasteiger partial charge in [-0.15, -0.1) is 0 Å². The van der Waals surface area contributed by atoms with Gasteiger partial charge in [-0.2, -0.15) is 0 Å². The molecule has 0 bridgehead atoms. The van der Waals surface area contributed by atoms with E-state index < -0.39 is 5.91 Å². The summed E-state index contributed by atoms with van der Waals surface area (Å²) in [6.07, 6.45) is 2.44. The summed E-state index contributed by atoms with van der Waals surface area (Å²) in [7, 11) is 5.98. The third-order valence-corrected chi connectivity index (χ3v) is 1.98. The van der Waals surface area contributed by atoms with Crippen LogP contribution < -0.4 is 5.73 Å². The van der Waals surface area contributed by atoms with Crippen LogP contribution in [-0.2, 0) is 9.59 Å². The van der Waals surface area contributed by atoms with E-state index in [1.54, 1.807) is 0 Å². The maximum Gasteiger partial charge on any atom is 0.240 e. The highest BCUT2D eigenvalue weighted by atomic mass is 16.1. The molecule has 0 rings (SSSR count). The van der Waals surface area contributed by atoms with Gasteiger partial charge in [-0.05, 0) is 19.1 Å². The van der Waals surface area contributed by atoms with E-state index >= 15 is 0 Å². The van der Waals surface area contributed by atoms with E-state index in [2.05, 4.69) is 18.9 Å². The highest BCUT2D eigenvalue weighted by molar-refractivity contribution is 5.92. The molecule has 1 unspecified atom stereocenters. The van der Waals surface area contributed by atoms with Crippen LogP contribution >= 0.6 is 0 Å². The lowest BCUT2D eigenvalue weighted by Gasteiger charge is -2.29. The molecule has 2 N–H and O–H groups in total. The molecular formula is C11H21N2O2+. The molecule has 0 aromatic rings. The predicted molar refractivity (Wildman–Crippen MR) is 62.1 cm³/mol. The molecule has 4 heteroatoms. The maximum atomic E-state index is 11.0. The number of amides is 1. The number of hydrogen-bond donors (Lipinski definition) is 1. The topological polar surface area (TPSA) is 60.2 Å². The van der Waals surface area contributed by atoms with E-state index in [4.69, 9.17) is 0 Å². The van der Waals surface area contributed by atoms with Crippen molar-refractivity contribution in [3.8, 4) is 0 Å². The molecule has 0 aromatic heterocycles. The lowest BCUT2D eigenvalue weighted by atomic mass is 10.2. The molecule has 0 aromatic carbocycles. The quantitative estimate of drug-likeness (QED) is 0.546. The fourth-order valence-electron chi connectivity index (χ4n) is 0.552. The van der Waals surface area contributed by atoms with E-state index in [1.165, 1.54) is 6.08 Å². The summed E-state index contributed by atoms with van der Waals surface area (Å²) in [5.74, 6) is -0.377. The fourth-order valence-corrected chi connectivity index (χ4v) is 0.552. The van der Waals surface area contributed by atoms with Crippen LogP contribution in [0.2, 0.25) is 0 Å². The first-order chi connectivity index (χ1) is 6.66. The van der Waals surface area contributed by atoms with Crippen LogP contribution in [0.1, 0.15) is 6.92 Å². The SMILES string of the molecule is C=CC(=O)C(C)[N+](C)(C)C.C=CC(N)=O. The fraction of sp³-hybridized carbons (Fsp3) is 0.455. The van der Waals surface area contributed by atoms with E-state index in [0.717, 1.165) is 6.08 Å². The Hall–Kier alpha value is -1.42. The number of likely N-dealkylation sites (N-methyl/N-ethyl adjacent to an activating group) is 1. The van der Waals surface area contributed by atoms with E-state index in [1.807, 2.05) is 28.1 Å². The molecule has 86 valence electrons.